The van der Waals surface area contributed by atoms with Crippen molar-refractivity contribution < 1.29 is 4.39 Å². The molecule has 6 nitrogen and oxygen atoms in total. The molecule has 0 fully saturated rings. The molecule has 0 aliphatic carbocycles. The largest absolute Gasteiger partial charge is 0.381 e. The molecule has 7 heteroatoms. The number of imidazole rings is 1. The van der Waals surface area contributed by atoms with Crippen LogP contribution < -0.4 is 11.4 Å². The average Bonchev–Trinajstić information content (AvgIpc) is 2.69. The lowest BCUT2D eigenvalue weighted by atomic mass is 10.6. The van der Waals surface area contributed by atoms with Crippen LogP contribution in [0.5, 0.6) is 0 Å². The summed E-state index contributed by atoms with van der Waals surface area (Å²) in [6, 6.07) is 0. The Morgan fingerprint density at radius 3 is 2.64 bits per heavy atom. The van der Waals surface area contributed by atoms with Gasteiger partial charge >= 0.3 is 5.69 Å². The van der Waals surface area contributed by atoms with E-state index in [0.717, 1.165) is 6.20 Å². The number of anilines is 1. The number of halogens is 1. The van der Waals surface area contributed by atoms with Gasteiger partial charge in [-0.3, -0.25) is 0 Å². The number of H-pyrrole nitrogens is 2. The van der Waals surface area contributed by atoms with Crippen LogP contribution in [-0.4, -0.2) is 19.9 Å². The molecule has 0 spiro atoms. The summed E-state index contributed by atoms with van der Waals surface area (Å²) in [6.07, 6.45) is 5.95. The molecule has 0 aliphatic rings. The predicted molar refractivity (Wildman–Crippen MR) is 47.8 cm³/mol. The van der Waals surface area contributed by atoms with Gasteiger partial charge in [0.15, 0.2) is 11.6 Å². The Hall–Kier alpha value is -2.18. The fraction of sp³-hybridized carbons (Fsp3) is 0. The fourth-order valence-electron chi connectivity index (χ4n) is 0.609. The normalized spacial score (nSPS) is 8.93. The molecule has 0 bridgehead atoms. The summed E-state index contributed by atoms with van der Waals surface area (Å²) in [7, 11) is 0. The number of aromatic nitrogens is 4. The van der Waals surface area contributed by atoms with Crippen molar-refractivity contribution in [1.82, 2.24) is 19.9 Å². The Kier molecular flexibility index (Phi) is 3.36. The Balaban J connectivity index is 0.000000165. The molecule has 0 aromatic carbocycles. The van der Waals surface area contributed by atoms with E-state index in [1.54, 1.807) is 18.7 Å². The van der Waals surface area contributed by atoms with Gasteiger partial charge in [0.25, 0.3) is 0 Å². The first-order valence-corrected chi connectivity index (χ1v) is 3.63. The predicted octanol–water partition coefficient (Wildman–Crippen LogP) is -0.0991. The lowest BCUT2D eigenvalue weighted by Crippen LogP contribution is -2.12. The van der Waals surface area contributed by atoms with E-state index in [1.165, 1.54) is 0 Å². The Morgan fingerprint density at radius 2 is 2.29 bits per heavy atom. The van der Waals surface area contributed by atoms with E-state index in [2.05, 4.69) is 15.0 Å². The maximum atomic E-state index is 12.1. The van der Waals surface area contributed by atoms with Gasteiger partial charge in [-0.25, -0.2) is 14.2 Å². The summed E-state index contributed by atoms with van der Waals surface area (Å²) in [5, 5.41) is 0. The van der Waals surface area contributed by atoms with E-state index in [0.29, 0.717) is 0 Å². The Morgan fingerprint density at radius 1 is 1.50 bits per heavy atom. The zero-order valence-electron chi connectivity index (χ0n) is 7.07. The lowest BCUT2D eigenvalue weighted by molar-refractivity contribution is 0.617. The number of nitrogens with one attached hydrogen (secondary N) is 2. The third-order valence-corrected chi connectivity index (χ3v) is 1.19. The monoisotopic (exact) mass is 197 g/mol. The van der Waals surface area contributed by atoms with E-state index < -0.39 is 11.5 Å². The minimum Gasteiger partial charge on any atom is -0.381 e. The summed E-state index contributed by atoms with van der Waals surface area (Å²) in [5.41, 5.74) is 4.27. The topological polar surface area (TPSA) is 100 Å². The molecule has 2 heterocycles. The van der Waals surface area contributed by atoms with Crippen molar-refractivity contribution >= 4 is 5.82 Å². The second kappa shape index (κ2) is 4.75. The zero-order chi connectivity index (χ0) is 10.4. The SMILES string of the molecule is Nc1nc(=O)[nH]cc1F.c1c[nH]cn1. The summed E-state index contributed by atoms with van der Waals surface area (Å²) in [6.45, 7) is 0. The molecule has 0 saturated heterocycles. The van der Waals surface area contributed by atoms with Crippen LogP contribution in [0, 0.1) is 5.82 Å². The molecule has 0 unspecified atom stereocenters. The second-order valence-corrected chi connectivity index (χ2v) is 2.20. The van der Waals surface area contributed by atoms with Crippen molar-refractivity contribution in [3.05, 3.63) is 41.2 Å². The van der Waals surface area contributed by atoms with Crippen LogP contribution in [0.25, 0.3) is 0 Å². The van der Waals surface area contributed by atoms with E-state index in [4.69, 9.17) is 5.73 Å². The highest BCUT2D eigenvalue weighted by Gasteiger charge is 1.96. The molecule has 2 aromatic rings. The van der Waals surface area contributed by atoms with E-state index in [1.807, 2.05) is 4.98 Å². The third kappa shape index (κ3) is 3.05. The quantitative estimate of drug-likeness (QED) is 0.549. The molecule has 74 valence electrons. The number of hydrogen-bond acceptors (Lipinski definition) is 4. The van der Waals surface area contributed by atoms with Crippen molar-refractivity contribution in [1.29, 1.82) is 0 Å². The molecule has 0 aliphatic heterocycles. The number of hydrogen-bond donors (Lipinski definition) is 3. The molecule has 4 N–H and O–H groups in total. The van der Waals surface area contributed by atoms with Gasteiger partial charge in [-0.2, -0.15) is 4.98 Å². The molecule has 0 atom stereocenters. The van der Waals surface area contributed by atoms with Gasteiger partial charge in [-0.05, 0) is 0 Å². The van der Waals surface area contributed by atoms with Crippen molar-refractivity contribution in [2.75, 3.05) is 5.73 Å². The highest BCUT2D eigenvalue weighted by molar-refractivity contribution is 5.25. The van der Waals surface area contributed by atoms with Crippen LogP contribution in [0.2, 0.25) is 0 Å². The number of nitrogen functional groups attached to an aromatic ring is 1. The van der Waals surface area contributed by atoms with Gasteiger partial charge < -0.3 is 15.7 Å². The third-order valence-electron chi connectivity index (χ3n) is 1.19. The van der Waals surface area contributed by atoms with Crippen LogP contribution in [0.15, 0.2) is 29.7 Å². The summed E-state index contributed by atoms with van der Waals surface area (Å²) < 4.78 is 12.1. The first kappa shape index (κ1) is 9.90. The van der Waals surface area contributed by atoms with Crippen LogP contribution >= 0.6 is 0 Å². The first-order valence-electron chi connectivity index (χ1n) is 3.63. The maximum absolute atomic E-state index is 12.1. The highest BCUT2D eigenvalue weighted by Crippen LogP contribution is 1.96. The molecular formula is C7H8FN5O. The minimum atomic E-state index is -0.713. The molecule has 14 heavy (non-hydrogen) atoms. The van der Waals surface area contributed by atoms with Crippen LogP contribution in [0.1, 0.15) is 0 Å². The minimum absolute atomic E-state index is 0.376. The molecule has 0 amide bonds. The van der Waals surface area contributed by atoms with Crippen LogP contribution in [-0.2, 0) is 0 Å². The Labute approximate surface area is 78.0 Å². The van der Waals surface area contributed by atoms with E-state index >= 15 is 0 Å². The molecular weight excluding hydrogens is 189 g/mol. The van der Waals surface area contributed by atoms with Gasteiger partial charge in [0.1, 0.15) is 0 Å². The highest BCUT2D eigenvalue weighted by atomic mass is 19.1. The van der Waals surface area contributed by atoms with Gasteiger partial charge in [0.05, 0.1) is 6.33 Å². The standard InChI is InChI=1S/C4H4FN3O.C3H4N2/c5-2-1-7-4(9)8-3(2)6;1-2-5-3-4-1/h1H,(H3,6,7,8,9);1-3H,(H,4,5). The van der Waals surface area contributed by atoms with Gasteiger partial charge in [0.2, 0.25) is 0 Å². The summed E-state index contributed by atoms with van der Waals surface area (Å²) in [4.78, 5) is 21.7. The second-order valence-electron chi connectivity index (χ2n) is 2.20. The number of nitrogens with two attached hydrogens (primary N) is 1. The number of aromatic amines is 2. The number of nitrogens with zero attached hydrogens (tertiary/aromatic N) is 2. The summed E-state index contributed by atoms with van der Waals surface area (Å²) in [5.74, 6) is -1.09. The van der Waals surface area contributed by atoms with Crippen LogP contribution in [0.4, 0.5) is 10.2 Å². The Bertz CT molecular complexity index is 407. The summed E-state index contributed by atoms with van der Waals surface area (Å²) >= 11 is 0. The maximum Gasteiger partial charge on any atom is 0.347 e. The smallest absolute Gasteiger partial charge is 0.347 e. The zero-order valence-corrected chi connectivity index (χ0v) is 7.07. The average molecular weight is 197 g/mol. The van der Waals surface area contributed by atoms with Crippen molar-refractivity contribution in [2.24, 2.45) is 0 Å². The van der Waals surface area contributed by atoms with Crippen molar-refractivity contribution in [2.45, 2.75) is 0 Å². The number of rotatable bonds is 0. The molecule has 0 radical (unpaired) electrons. The fourth-order valence-corrected chi connectivity index (χ4v) is 0.609. The van der Waals surface area contributed by atoms with Crippen molar-refractivity contribution in [3.63, 3.8) is 0 Å². The van der Waals surface area contributed by atoms with Gasteiger partial charge in [-0.1, -0.05) is 0 Å². The van der Waals surface area contributed by atoms with Gasteiger partial charge in [0, 0.05) is 18.6 Å². The molecule has 2 aromatic heterocycles. The van der Waals surface area contributed by atoms with E-state index in [9.17, 15) is 9.18 Å². The molecule has 2 rings (SSSR count). The van der Waals surface area contributed by atoms with E-state index in [-0.39, 0.29) is 5.82 Å². The van der Waals surface area contributed by atoms with Crippen LogP contribution in [0.3, 0.4) is 0 Å². The molecule has 0 saturated carbocycles. The first-order chi connectivity index (χ1) is 6.70. The lowest BCUT2D eigenvalue weighted by Gasteiger charge is -1.88. The van der Waals surface area contributed by atoms with Gasteiger partial charge in [-0.15, -0.1) is 0 Å². The van der Waals surface area contributed by atoms with Crippen molar-refractivity contribution in [3.8, 4) is 0 Å².